The van der Waals surface area contributed by atoms with Crippen LogP contribution in [0.25, 0.3) is 11.1 Å². The molecule has 2 N–H and O–H groups in total. The molecular weight excluding hydrogens is 527 g/mol. The lowest BCUT2D eigenvalue weighted by Gasteiger charge is -2.38. The van der Waals surface area contributed by atoms with E-state index >= 15 is 0 Å². The second-order valence-electron chi connectivity index (χ2n) is 8.87. The molecule has 4 rings (SSSR count). The highest BCUT2D eigenvalue weighted by Gasteiger charge is 2.59. The predicted molar refractivity (Wildman–Crippen MR) is 134 cm³/mol. The lowest BCUT2D eigenvalue weighted by molar-refractivity contribution is -0.274. The van der Waals surface area contributed by atoms with Crippen LogP contribution in [0.3, 0.4) is 0 Å². The van der Waals surface area contributed by atoms with E-state index in [2.05, 4.69) is 0 Å². The largest absolute Gasteiger partial charge is 0.496 e. The van der Waals surface area contributed by atoms with E-state index in [1.165, 1.54) is 68.4 Å². The van der Waals surface area contributed by atoms with E-state index in [9.17, 15) is 33.0 Å². The molecule has 200 valence electrons. The van der Waals surface area contributed by atoms with Gasteiger partial charge in [-0.3, -0.25) is 4.79 Å². The fourth-order valence-electron chi connectivity index (χ4n) is 4.50. The first-order valence-corrected chi connectivity index (χ1v) is 11.7. The highest BCUT2D eigenvalue weighted by atomic mass is 35.5. The molecule has 0 radical (unpaired) electrons. The molecule has 1 amide bonds. The van der Waals surface area contributed by atoms with Gasteiger partial charge in [-0.2, -0.15) is 13.2 Å². The molecule has 0 saturated carbocycles. The maximum atomic E-state index is 14.5. The Labute approximate surface area is 221 Å². The minimum Gasteiger partial charge on any atom is -0.496 e. The van der Waals surface area contributed by atoms with E-state index in [4.69, 9.17) is 21.1 Å². The molecule has 7 nitrogen and oxygen atoms in total. The molecule has 0 saturated heterocycles. The van der Waals surface area contributed by atoms with Crippen LogP contribution in [0, 0.1) is 0 Å². The number of aromatic carboxylic acids is 1. The average molecular weight is 550 g/mol. The third-order valence-electron chi connectivity index (χ3n) is 6.78. The second kappa shape index (κ2) is 9.85. The van der Waals surface area contributed by atoms with Gasteiger partial charge in [0.2, 0.25) is 0 Å². The van der Waals surface area contributed by atoms with Crippen LogP contribution in [0.4, 0.5) is 18.9 Å². The van der Waals surface area contributed by atoms with E-state index in [1.807, 2.05) is 0 Å². The van der Waals surface area contributed by atoms with Crippen molar-refractivity contribution in [2.45, 2.75) is 24.6 Å². The van der Waals surface area contributed by atoms with E-state index in [1.54, 1.807) is 0 Å². The first kappa shape index (κ1) is 27.3. The number of hydrogen-bond donors (Lipinski definition) is 2. The molecule has 0 aromatic heterocycles. The smallest absolute Gasteiger partial charge is 0.422 e. The van der Waals surface area contributed by atoms with Crippen molar-refractivity contribution in [1.29, 1.82) is 0 Å². The average Bonchev–Trinajstić information content (AvgIpc) is 2.88. The van der Waals surface area contributed by atoms with E-state index in [0.29, 0.717) is 11.1 Å². The van der Waals surface area contributed by atoms with Gasteiger partial charge in [-0.15, -0.1) is 0 Å². The summed E-state index contributed by atoms with van der Waals surface area (Å²) in [5.41, 5.74) is -2.72. The van der Waals surface area contributed by atoms with Crippen molar-refractivity contribution in [3.05, 3.63) is 76.3 Å². The maximum absolute atomic E-state index is 14.5. The highest BCUT2D eigenvalue weighted by molar-refractivity contribution is 6.31. The van der Waals surface area contributed by atoms with Gasteiger partial charge in [0.25, 0.3) is 5.91 Å². The number of carboxylic acids is 1. The zero-order valence-electron chi connectivity index (χ0n) is 20.5. The maximum Gasteiger partial charge on any atom is 0.422 e. The van der Waals surface area contributed by atoms with Crippen molar-refractivity contribution < 1.29 is 42.4 Å². The molecule has 0 spiro atoms. The number of rotatable bonds is 6. The molecule has 0 bridgehead atoms. The van der Waals surface area contributed by atoms with Crippen LogP contribution in [0.5, 0.6) is 11.5 Å². The Hall–Kier alpha value is -3.76. The van der Waals surface area contributed by atoms with Crippen molar-refractivity contribution in [3.8, 4) is 22.6 Å². The van der Waals surface area contributed by atoms with Gasteiger partial charge in [0.05, 0.1) is 12.8 Å². The molecule has 3 aromatic carbocycles. The quantitative estimate of drug-likeness (QED) is 0.414. The number of fused-ring (bicyclic) bond motifs is 1. The van der Waals surface area contributed by atoms with Gasteiger partial charge in [-0.1, -0.05) is 42.8 Å². The van der Waals surface area contributed by atoms with Gasteiger partial charge >= 0.3 is 12.1 Å². The molecule has 1 aliphatic heterocycles. The van der Waals surface area contributed by atoms with Gasteiger partial charge in [0, 0.05) is 18.0 Å². The topological polar surface area (TPSA) is 96.3 Å². The summed E-state index contributed by atoms with van der Waals surface area (Å²) in [7, 11) is 2.74. The van der Waals surface area contributed by atoms with Crippen molar-refractivity contribution in [3.63, 3.8) is 0 Å². The number of carboxylic acid groups (broad SMARTS) is 1. The van der Waals surface area contributed by atoms with E-state index < -0.39 is 35.1 Å². The zero-order valence-corrected chi connectivity index (χ0v) is 21.2. The number of carbonyl (C=O) groups is 2. The molecule has 38 heavy (non-hydrogen) atoms. The monoisotopic (exact) mass is 549 g/mol. The summed E-state index contributed by atoms with van der Waals surface area (Å²) in [4.78, 5) is 24.6. The van der Waals surface area contributed by atoms with E-state index in [0.717, 1.165) is 12.1 Å². The standard InChI is InChI=1S/C27H23ClF3NO6/c1-14(18-7-4-15(10-20(18)28)16-5-8-19(25(34)35)23(11-16)37-3)26(36,27(29,30)31)17-6-9-22-21(12-17)32(2)24(33)13-38-22/h4-12,14,36H,13H2,1-3H3,(H,34,35)/t14-,26-/m0/s1. The van der Waals surface area contributed by atoms with Crippen molar-refractivity contribution in [1.82, 2.24) is 0 Å². The van der Waals surface area contributed by atoms with Crippen LogP contribution in [-0.4, -0.2) is 49.0 Å². The summed E-state index contributed by atoms with van der Waals surface area (Å²) in [6, 6.07) is 12.2. The number of carbonyl (C=O) groups excluding carboxylic acids is 1. The first-order valence-electron chi connectivity index (χ1n) is 11.3. The summed E-state index contributed by atoms with van der Waals surface area (Å²) >= 11 is 6.45. The Balaban J connectivity index is 1.76. The highest BCUT2D eigenvalue weighted by Crippen LogP contribution is 2.51. The first-order chi connectivity index (χ1) is 17.8. The van der Waals surface area contributed by atoms with Crippen molar-refractivity contribution in [2.24, 2.45) is 0 Å². The fraction of sp³-hybridized carbons (Fsp3) is 0.259. The van der Waals surface area contributed by atoms with Gasteiger partial charge in [0.1, 0.15) is 17.1 Å². The minimum atomic E-state index is -5.11. The summed E-state index contributed by atoms with van der Waals surface area (Å²) in [6.45, 7) is 0.972. The van der Waals surface area contributed by atoms with Crippen LogP contribution < -0.4 is 14.4 Å². The van der Waals surface area contributed by atoms with Crippen LogP contribution in [0.2, 0.25) is 5.02 Å². The number of aliphatic hydroxyl groups is 1. The molecule has 1 aliphatic rings. The number of benzene rings is 3. The number of nitrogens with zero attached hydrogens (tertiary/aromatic N) is 1. The second-order valence-corrected chi connectivity index (χ2v) is 9.27. The molecule has 0 aliphatic carbocycles. The minimum absolute atomic E-state index is 0.0303. The number of anilines is 1. The number of amides is 1. The number of ether oxygens (including phenoxy) is 2. The fourth-order valence-corrected chi connectivity index (χ4v) is 4.84. The SMILES string of the molecule is COc1cc(-c2ccc([C@H](C)[C@](O)(c3ccc4c(c3)N(C)C(=O)CO4)C(F)(F)F)c(Cl)c2)ccc1C(=O)O. The molecule has 3 aromatic rings. The Morgan fingerprint density at radius 2 is 1.76 bits per heavy atom. The number of likely N-dealkylation sites (N-methyl/N-ethyl adjacent to an activating group) is 1. The molecule has 11 heteroatoms. The Bertz CT molecular complexity index is 1430. The molecule has 2 atom stereocenters. The summed E-state index contributed by atoms with van der Waals surface area (Å²) < 4.78 is 54.0. The third kappa shape index (κ3) is 4.54. The van der Waals surface area contributed by atoms with Crippen molar-refractivity contribution in [2.75, 3.05) is 25.7 Å². The third-order valence-corrected chi connectivity index (χ3v) is 7.10. The van der Waals surface area contributed by atoms with Crippen LogP contribution >= 0.6 is 11.6 Å². The molecule has 0 fully saturated rings. The van der Waals surface area contributed by atoms with E-state index in [-0.39, 0.29) is 39.9 Å². The summed E-state index contributed by atoms with van der Waals surface area (Å²) in [5.74, 6) is -2.85. The Kier molecular flexibility index (Phi) is 7.07. The number of methoxy groups -OCH3 is 1. The van der Waals surface area contributed by atoms with Gasteiger partial charge in [0.15, 0.2) is 12.2 Å². The lowest BCUT2D eigenvalue weighted by Crippen LogP contribution is -2.47. The number of halogens is 4. The lowest BCUT2D eigenvalue weighted by atomic mass is 9.77. The Morgan fingerprint density at radius 3 is 2.37 bits per heavy atom. The summed E-state index contributed by atoms with van der Waals surface area (Å²) in [5, 5.41) is 20.5. The van der Waals surface area contributed by atoms with Gasteiger partial charge in [-0.05, 0) is 52.6 Å². The predicted octanol–water partition coefficient (Wildman–Crippen LogP) is 5.62. The number of alkyl halides is 3. The van der Waals surface area contributed by atoms with Crippen LogP contribution in [-0.2, 0) is 10.4 Å². The van der Waals surface area contributed by atoms with Crippen molar-refractivity contribution >= 4 is 29.2 Å². The number of hydrogen-bond acceptors (Lipinski definition) is 5. The Morgan fingerprint density at radius 1 is 1.11 bits per heavy atom. The molecule has 1 heterocycles. The molecule has 0 unspecified atom stereocenters. The normalized spacial score (nSPS) is 15.8. The van der Waals surface area contributed by atoms with Crippen LogP contribution in [0.15, 0.2) is 54.6 Å². The zero-order chi connectivity index (χ0) is 28.0. The van der Waals surface area contributed by atoms with Gasteiger partial charge in [-0.25, -0.2) is 4.79 Å². The van der Waals surface area contributed by atoms with Gasteiger partial charge < -0.3 is 24.6 Å². The summed E-state index contributed by atoms with van der Waals surface area (Å²) in [6.07, 6.45) is -5.11. The molecular formula is C27H23ClF3NO6. The van der Waals surface area contributed by atoms with Crippen LogP contribution in [0.1, 0.15) is 34.3 Å².